The van der Waals surface area contributed by atoms with Crippen molar-refractivity contribution in [2.45, 2.75) is 19.8 Å². The molecule has 1 aliphatic carbocycles. The Morgan fingerprint density at radius 3 is 2.44 bits per heavy atom. The number of aryl methyl sites for hydroxylation is 2. The summed E-state index contributed by atoms with van der Waals surface area (Å²) in [6.07, 6.45) is 4.12. The summed E-state index contributed by atoms with van der Waals surface area (Å²) in [6.45, 7) is 2.18. The highest BCUT2D eigenvalue weighted by atomic mass is 32.1. The normalized spacial score (nSPS) is 14.0. The van der Waals surface area contributed by atoms with Gasteiger partial charge in [-0.15, -0.1) is 11.3 Å². The number of allylic oxidation sites excluding steroid dienone is 1. The lowest BCUT2D eigenvalue weighted by Gasteiger charge is -2.20. The number of benzene rings is 2. The van der Waals surface area contributed by atoms with Gasteiger partial charge in [-0.3, -0.25) is 4.99 Å². The van der Waals surface area contributed by atoms with Crippen LogP contribution in [-0.2, 0) is 6.42 Å². The molecule has 0 bridgehead atoms. The minimum atomic E-state index is 0.987. The lowest BCUT2D eigenvalue weighted by atomic mass is 9.95. The molecule has 3 heteroatoms. The Morgan fingerprint density at radius 2 is 1.68 bits per heavy atom. The maximum atomic E-state index is 4.68. The topological polar surface area (TPSA) is 24.4 Å². The van der Waals surface area contributed by atoms with Crippen LogP contribution in [0.3, 0.4) is 0 Å². The Labute approximate surface area is 152 Å². The average molecular weight is 344 g/mol. The van der Waals surface area contributed by atoms with Crippen molar-refractivity contribution in [2.75, 3.05) is 5.32 Å². The molecule has 3 aromatic rings. The molecule has 0 aliphatic heterocycles. The smallest absolute Gasteiger partial charge is 0.0629 e. The van der Waals surface area contributed by atoms with Crippen LogP contribution in [0.15, 0.2) is 77.3 Å². The van der Waals surface area contributed by atoms with Crippen LogP contribution in [0, 0.1) is 6.92 Å². The second-order valence-corrected chi connectivity index (χ2v) is 7.52. The molecule has 1 aliphatic rings. The molecule has 0 amide bonds. The number of rotatable bonds is 4. The average Bonchev–Trinajstić information content (AvgIpc) is 3.03. The van der Waals surface area contributed by atoms with Crippen molar-refractivity contribution in [3.63, 3.8) is 0 Å². The van der Waals surface area contributed by atoms with Gasteiger partial charge in [-0.05, 0) is 55.7 Å². The minimum Gasteiger partial charge on any atom is -0.355 e. The zero-order chi connectivity index (χ0) is 17.1. The van der Waals surface area contributed by atoms with E-state index in [9.17, 15) is 0 Å². The fraction of sp³-hybridized carbons (Fsp3) is 0.136. The van der Waals surface area contributed by atoms with Crippen molar-refractivity contribution in [2.24, 2.45) is 4.99 Å². The summed E-state index contributed by atoms with van der Waals surface area (Å²) in [5.74, 6) is 0. The number of anilines is 1. The number of nitrogens with one attached hydrogen (secondary N) is 1. The second-order valence-electron chi connectivity index (χ2n) is 6.18. The summed E-state index contributed by atoms with van der Waals surface area (Å²) in [5.41, 5.74) is 5.88. The van der Waals surface area contributed by atoms with Crippen LogP contribution in [0.25, 0.3) is 5.70 Å². The number of thiophene rings is 1. The largest absolute Gasteiger partial charge is 0.355 e. The van der Waals surface area contributed by atoms with Gasteiger partial charge in [0.25, 0.3) is 0 Å². The Morgan fingerprint density at radius 1 is 0.960 bits per heavy atom. The number of hydrogen-bond donors (Lipinski definition) is 1. The van der Waals surface area contributed by atoms with Crippen LogP contribution in [0.5, 0.6) is 0 Å². The molecular formula is C22H20N2S. The van der Waals surface area contributed by atoms with Gasteiger partial charge in [0.2, 0.25) is 0 Å². The van der Waals surface area contributed by atoms with Gasteiger partial charge in [0, 0.05) is 27.2 Å². The lowest BCUT2D eigenvalue weighted by Crippen LogP contribution is -2.10. The second kappa shape index (κ2) is 7.08. The van der Waals surface area contributed by atoms with Crippen molar-refractivity contribution < 1.29 is 0 Å². The van der Waals surface area contributed by atoms with E-state index >= 15 is 0 Å². The van der Waals surface area contributed by atoms with Crippen LogP contribution in [0.1, 0.15) is 21.7 Å². The van der Waals surface area contributed by atoms with Gasteiger partial charge in [-0.1, -0.05) is 36.4 Å². The van der Waals surface area contributed by atoms with Crippen LogP contribution in [0.4, 0.5) is 11.4 Å². The summed E-state index contributed by atoms with van der Waals surface area (Å²) in [6, 6.07) is 22.8. The summed E-state index contributed by atoms with van der Waals surface area (Å²) >= 11 is 1.90. The van der Waals surface area contributed by atoms with Gasteiger partial charge in [0.05, 0.1) is 11.4 Å². The zero-order valence-corrected chi connectivity index (χ0v) is 15.0. The molecule has 0 atom stereocenters. The molecule has 25 heavy (non-hydrogen) atoms. The van der Waals surface area contributed by atoms with Crippen molar-refractivity contribution in [1.29, 1.82) is 0 Å². The van der Waals surface area contributed by atoms with Gasteiger partial charge in [-0.2, -0.15) is 0 Å². The molecule has 124 valence electrons. The summed E-state index contributed by atoms with van der Waals surface area (Å²) in [7, 11) is 0. The molecule has 1 aromatic heterocycles. The van der Waals surface area contributed by atoms with Gasteiger partial charge < -0.3 is 5.32 Å². The lowest BCUT2D eigenvalue weighted by molar-refractivity contribution is 0.979. The monoisotopic (exact) mass is 344 g/mol. The zero-order valence-electron chi connectivity index (χ0n) is 14.2. The number of nitrogens with zero attached hydrogens (tertiary/aromatic N) is 1. The van der Waals surface area contributed by atoms with Gasteiger partial charge in [-0.25, -0.2) is 0 Å². The quantitative estimate of drug-likeness (QED) is 0.558. The van der Waals surface area contributed by atoms with E-state index in [0.717, 1.165) is 24.2 Å². The Kier molecular flexibility index (Phi) is 4.49. The predicted octanol–water partition coefficient (Wildman–Crippen LogP) is 6.23. The van der Waals surface area contributed by atoms with Crippen molar-refractivity contribution in [3.8, 4) is 0 Å². The number of fused-ring (bicyclic) bond motifs is 1. The fourth-order valence-corrected chi connectivity index (χ4v) is 4.16. The number of para-hydroxylation sites is 2. The van der Waals surface area contributed by atoms with E-state index < -0.39 is 0 Å². The number of hydrogen-bond acceptors (Lipinski definition) is 3. The van der Waals surface area contributed by atoms with Crippen LogP contribution in [-0.4, -0.2) is 6.21 Å². The van der Waals surface area contributed by atoms with Gasteiger partial charge in [0.1, 0.15) is 0 Å². The third kappa shape index (κ3) is 3.57. The first kappa shape index (κ1) is 15.9. The summed E-state index contributed by atoms with van der Waals surface area (Å²) in [4.78, 5) is 7.51. The van der Waals surface area contributed by atoms with E-state index in [-0.39, 0.29) is 0 Å². The highest BCUT2D eigenvalue weighted by Crippen LogP contribution is 2.36. The summed E-state index contributed by atoms with van der Waals surface area (Å²) in [5, 5.41) is 3.63. The van der Waals surface area contributed by atoms with E-state index in [1.807, 2.05) is 53.9 Å². The maximum absolute atomic E-state index is 4.68. The first-order valence-electron chi connectivity index (χ1n) is 8.53. The first-order chi connectivity index (χ1) is 12.3. The fourth-order valence-electron chi connectivity index (χ4n) is 3.12. The van der Waals surface area contributed by atoms with Crippen molar-refractivity contribution in [3.05, 3.63) is 87.6 Å². The highest BCUT2D eigenvalue weighted by molar-refractivity contribution is 7.12. The Bertz CT molecular complexity index is 921. The first-order valence-corrected chi connectivity index (χ1v) is 9.35. The molecule has 0 saturated heterocycles. The van der Waals surface area contributed by atoms with Crippen molar-refractivity contribution in [1.82, 2.24) is 0 Å². The Balaban J connectivity index is 1.74. The van der Waals surface area contributed by atoms with Crippen LogP contribution in [0.2, 0.25) is 0 Å². The van der Waals surface area contributed by atoms with E-state index in [0.29, 0.717) is 0 Å². The van der Waals surface area contributed by atoms with E-state index in [1.54, 1.807) is 0 Å². The number of aliphatic imine (C=N–C) groups is 1. The molecule has 0 unspecified atom stereocenters. The van der Waals surface area contributed by atoms with E-state index in [2.05, 4.69) is 47.6 Å². The predicted molar refractivity (Wildman–Crippen MR) is 109 cm³/mol. The molecular weight excluding hydrogens is 324 g/mol. The third-order valence-corrected chi connectivity index (χ3v) is 5.42. The van der Waals surface area contributed by atoms with E-state index in [1.165, 1.54) is 26.6 Å². The minimum absolute atomic E-state index is 0.987. The molecule has 0 fully saturated rings. The SMILES string of the molecule is Cc1cc2c(s1)CCC(C=Nc1ccccc1)=C2Nc1ccccc1. The molecule has 1 heterocycles. The van der Waals surface area contributed by atoms with Crippen LogP contribution < -0.4 is 5.32 Å². The molecule has 0 saturated carbocycles. The summed E-state index contributed by atoms with van der Waals surface area (Å²) < 4.78 is 0. The van der Waals surface area contributed by atoms with E-state index in [4.69, 9.17) is 0 Å². The molecule has 0 spiro atoms. The molecule has 2 aromatic carbocycles. The van der Waals surface area contributed by atoms with Crippen LogP contribution >= 0.6 is 11.3 Å². The standard InChI is InChI=1S/C22H20N2S/c1-16-14-20-21(25-16)13-12-17(15-23-18-8-4-2-5-9-18)22(20)24-19-10-6-3-7-11-19/h2-11,14-15,24H,12-13H2,1H3. The molecule has 2 nitrogen and oxygen atoms in total. The van der Waals surface area contributed by atoms with Crippen molar-refractivity contribution >= 4 is 34.6 Å². The Hall–Kier alpha value is -2.65. The van der Waals surface area contributed by atoms with Gasteiger partial charge >= 0.3 is 0 Å². The molecule has 4 rings (SSSR count). The highest BCUT2D eigenvalue weighted by Gasteiger charge is 2.20. The third-order valence-electron chi connectivity index (χ3n) is 4.31. The van der Waals surface area contributed by atoms with Gasteiger partial charge in [0.15, 0.2) is 0 Å². The molecule has 1 N–H and O–H groups in total. The molecule has 0 radical (unpaired) electrons. The maximum Gasteiger partial charge on any atom is 0.0629 e.